The molecule has 0 aliphatic carbocycles. The molecule has 1 aliphatic rings. The number of rotatable bonds is 2. The van der Waals surface area contributed by atoms with Gasteiger partial charge in [0.25, 0.3) is 0 Å². The second-order valence-corrected chi connectivity index (χ2v) is 8.05. The number of hydrogen-bond donors (Lipinski definition) is 2. The van der Waals surface area contributed by atoms with Crippen molar-refractivity contribution in [1.82, 2.24) is 5.32 Å². The Morgan fingerprint density at radius 3 is 2.79 bits per heavy atom. The molecule has 0 spiro atoms. The number of benzene rings is 2. The van der Waals surface area contributed by atoms with Crippen molar-refractivity contribution in [2.75, 3.05) is 5.32 Å². The molecule has 2 N–H and O–H groups in total. The smallest absolute Gasteiger partial charge is 0.171 e. The average molecular weight is 426 g/mol. The molecule has 0 fully saturated rings. The molecule has 0 saturated carbocycles. The van der Waals surface area contributed by atoms with Crippen LogP contribution in [-0.4, -0.2) is 10.7 Å². The Morgan fingerprint density at radius 1 is 1.29 bits per heavy atom. The molecule has 1 heterocycles. The number of anilines is 1. The normalized spacial score (nSPS) is 18.2. The molecule has 3 nitrogen and oxygen atoms in total. The van der Waals surface area contributed by atoms with Gasteiger partial charge in [-0.3, -0.25) is 0 Å². The highest BCUT2D eigenvalue weighted by atomic mass is 79.9. The minimum atomic E-state index is -0.247. The number of para-hydroxylation sites is 1. The number of halogens is 2. The second kappa shape index (κ2) is 6.90. The molecule has 3 rings (SSSR count). The fraction of sp³-hybridized carbons (Fsp3) is 0.278. The number of nitrogens with one attached hydrogen (secondary N) is 2. The second-order valence-electron chi connectivity index (χ2n) is 6.38. The molecule has 1 aliphatic heterocycles. The highest BCUT2D eigenvalue weighted by Crippen LogP contribution is 2.39. The third kappa shape index (κ3) is 4.02. The van der Waals surface area contributed by atoms with E-state index in [2.05, 4.69) is 46.5 Å². The van der Waals surface area contributed by atoms with E-state index in [0.29, 0.717) is 10.1 Å². The molecule has 126 valence electrons. The molecule has 0 aromatic heterocycles. The van der Waals surface area contributed by atoms with E-state index in [4.69, 9.17) is 28.6 Å². The third-order valence-corrected chi connectivity index (χ3v) is 5.31. The lowest BCUT2D eigenvalue weighted by Gasteiger charge is -2.38. The lowest BCUT2D eigenvalue weighted by atomic mass is 9.90. The molecule has 2 aromatic carbocycles. The van der Waals surface area contributed by atoms with Crippen LogP contribution in [0.25, 0.3) is 0 Å². The SMILES string of the molecule is CC1(C)CC(NC(=S)Nc2ccc(Br)c(Cl)c2)c2ccccc2O1. The average Bonchev–Trinajstić information content (AvgIpc) is 2.50. The monoisotopic (exact) mass is 424 g/mol. The van der Waals surface area contributed by atoms with Crippen LogP contribution in [0.5, 0.6) is 5.75 Å². The highest BCUT2D eigenvalue weighted by molar-refractivity contribution is 9.10. The van der Waals surface area contributed by atoms with Crippen molar-refractivity contribution in [2.45, 2.75) is 31.9 Å². The molecule has 1 unspecified atom stereocenters. The van der Waals surface area contributed by atoms with Crippen molar-refractivity contribution < 1.29 is 4.74 Å². The van der Waals surface area contributed by atoms with Crippen molar-refractivity contribution in [3.8, 4) is 5.75 Å². The van der Waals surface area contributed by atoms with Gasteiger partial charge in [0, 0.05) is 22.1 Å². The Balaban J connectivity index is 1.75. The quantitative estimate of drug-likeness (QED) is 0.605. The molecule has 0 saturated heterocycles. The minimum Gasteiger partial charge on any atom is -0.487 e. The van der Waals surface area contributed by atoms with E-state index >= 15 is 0 Å². The Labute approximate surface area is 160 Å². The first-order chi connectivity index (χ1) is 11.3. The maximum Gasteiger partial charge on any atom is 0.171 e. The summed E-state index contributed by atoms with van der Waals surface area (Å²) in [6.45, 7) is 4.17. The van der Waals surface area contributed by atoms with E-state index in [-0.39, 0.29) is 11.6 Å². The van der Waals surface area contributed by atoms with Crippen LogP contribution in [0.4, 0.5) is 5.69 Å². The van der Waals surface area contributed by atoms with E-state index < -0.39 is 0 Å². The van der Waals surface area contributed by atoms with Gasteiger partial charge in [-0.2, -0.15) is 0 Å². The van der Waals surface area contributed by atoms with Crippen LogP contribution >= 0.6 is 39.7 Å². The summed E-state index contributed by atoms with van der Waals surface area (Å²) in [5, 5.41) is 7.79. The van der Waals surface area contributed by atoms with Gasteiger partial charge in [-0.05, 0) is 66.3 Å². The molecule has 2 aromatic rings. The van der Waals surface area contributed by atoms with E-state index in [9.17, 15) is 0 Å². The van der Waals surface area contributed by atoms with Crippen molar-refractivity contribution in [1.29, 1.82) is 0 Å². The van der Waals surface area contributed by atoms with Crippen LogP contribution < -0.4 is 15.4 Å². The van der Waals surface area contributed by atoms with Crippen LogP contribution in [0.2, 0.25) is 5.02 Å². The van der Waals surface area contributed by atoms with Crippen molar-refractivity contribution in [2.24, 2.45) is 0 Å². The van der Waals surface area contributed by atoms with Gasteiger partial charge in [-0.25, -0.2) is 0 Å². The van der Waals surface area contributed by atoms with Crippen molar-refractivity contribution >= 4 is 50.5 Å². The molecule has 1 atom stereocenters. The van der Waals surface area contributed by atoms with Gasteiger partial charge < -0.3 is 15.4 Å². The van der Waals surface area contributed by atoms with E-state index in [1.165, 1.54) is 0 Å². The van der Waals surface area contributed by atoms with Crippen molar-refractivity contribution in [3.05, 3.63) is 57.5 Å². The summed E-state index contributed by atoms with van der Waals surface area (Å²) >= 11 is 15.0. The lowest BCUT2D eigenvalue weighted by Crippen LogP contribution is -2.42. The summed E-state index contributed by atoms with van der Waals surface area (Å²) in [4.78, 5) is 0. The lowest BCUT2D eigenvalue weighted by molar-refractivity contribution is 0.0697. The summed E-state index contributed by atoms with van der Waals surface area (Å²) in [5.41, 5.74) is 1.72. The van der Waals surface area contributed by atoms with Gasteiger partial charge in [0.2, 0.25) is 0 Å². The summed E-state index contributed by atoms with van der Waals surface area (Å²) in [6, 6.07) is 13.8. The number of thiocarbonyl (C=S) groups is 1. The van der Waals surface area contributed by atoms with E-state index in [0.717, 1.165) is 27.9 Å². The van der Waals surface area contributed by atoms with Gasteiger partial charge >= 0.3 is 0 Å². The fourth-order valence-corrected chi connectivity index (χ4v) is 3.52. The standard InChI is InChI=1S/C18H18BrClN2OS/c1-18(2)10-15(12-5-3-4-6-16(12)23-18)22-17(24)21-11-7-8-13(19)14(20)9-11/h3-9,15H,10H2,1-2H3,(H2,21,22,24). The maximum atomic E-state index is 6.13. The first kappa shape index (κ1) is 17.5. The Bertz CT molecular complexity index is 781. The predicted octanol–water partition coefficient (Wildman–Crippen LogP) is 5.69. The molecular weight excluding hydrogens is 408 g/mol. The minimum absolute atomic E-state index is 0.0934. The van der Waals surface area contributed by atoms with Gasteiger partial charge in [0.15, 0.2) is 5.11 Å². The zero-order valence-electron chi connectivity index (χ0n) is 13.4. The van der Waals surface area contributed by atoms with Crippen LogP contribution in [0.3, 0.4) is 0 Å². The molecule has 24 heavy (non-hydrogen) atoms. The molecule has 0 bridgehead atoms. The van der Waals surface area contributed by atoms with Gasteiger partial charge in [0.05, 0.1) is 11.1 Å². The molecule has 0 amide bonds. The zero-order valence-corrected chi connectivity index (χ0v) is 16.6. The maximum absolute atomic E-state index is 6.13. The van der Waals surface area contributed by atoms with Gasteiger partial charge in [0.1, 0.15) is 11.4 Å². The molecule has 0 radical (unpaired) electrons. The highest BCUT2D eigenvalue weighted by Gasteiger charge is 2.33. The topological polar surface area (TPSA) is 33.3 Å². The number of fused-ring (bicyclic) bond motifs is 1. The van der Waals surface area contributed by atoms with Crippen LogP contribution in [0, 0.1) is 0 Å². The van der Waals surface area contributed by atoms with Crippen LogP contribution in [0.1, 0.15) is 31.9 Å². The first-order valence-electron chi connectivity index (χ1n) is 7.64. The number of hydrogen-bond acceptors (Lipinski definition) is 2. The third-order valence-electron chi connectivity index (χ3n) is 3.86. The summed E-state index contributed by atoms with van der Waals surface area (Å²) in [6.07, 6.45) is 0.826. The Hall–Kier alpha value is -1.30. The first-order valence-corrected chi connectivity index (χ1v) is 9.22. The van der Waals surface area contributed by atoms with E-state index in [1.54, 1.807) is 0 Å². The molecule has 6 heteroatoms. The summed E-state index contributed by atoms with van der Waals surface area (Å²) < 4.78 is 6.91. The molecular formula is C18H18BrClN2OS. The predicted molar refractivity (Wildman–Crippen MR) is 107 cm³/mol. The Morgan fingerprint density at radius 2 is 2.04 bits per heavy atom. The van der Waals surface area contributed by atoms with Crippen molar-refractivity contribution in [3.63, 3.8) is 0 Å². The van der Waals surface area contributed by atoms with E-state index in [1.807, 2.05) is 36.4 Å². The van der Waals surface area contributed by atoms with Crippen LogP contribution in [0.15, 0.2) is 46.9 Å². The zero-order chi connectivity index (χ0) is 17.3. The largest absolute Gasteiger partial charge is 0.487 e. The van der Waals surface area contributed by atoms with Gasteiger partial charge in [-0.15, -0.1) is 0 Å². The van der Waals surface area contributed by atoms with Gasteiger partial charge in [-0.1, -0.05) is 29.8 Å². The summed E-state index contributed by atoms with van der Waals surface area (Å²) in [5.74, 6) is 0.903. The number of ether oxygens (including phenoxy) is 1. The van der Waals surface area contributed by atoms with Crippen LogP contribution in [-0.2, 0) is 0 Å². The fourth-order valence-electron chi connectivity index (χ4n) is 2.83. The summed E-state index contributed by atoms with van der Waals surface area (Å²) in [7, 11) is 0. The Kier molecular flexibility index (Phi) is 5.04.